The number of oxime groups is 1. The van der Waals surface area contributed by atoms with Crippen LogP contribution in [0.3, 0.4) is 0 Å². The number of hydrogen-bond donors (Lipinski definition) is 0. The normalized spacial score (nSPS) is 11.3. The Morgan fingerprint density at radius 2 is 2.47 bits per heavy atom. The van der Waals surface area contributed by atoms with Gasteiger partial charge in [0.1, 0.15) is 0 Å². The first-order valence-corrected chi connectivity index (χ1v) is 5.30. The first-order chi connectivity index (χ1) is 7.18. The van der Waals surface area contributed by atoms with E-state index < -0.39 is 5.97 Å². The first kappa shape index (κ1) is 9.92. The quantitative estimate of drug-likeness (QED) is 0.444. The third-order valence-corrected chi connectivity index (χ3v) is 2.92. The van der Waals surface area contributed by atoms with Crippen LogP contribution in [0.4, 0.5) is 0 Å². The number of nitrogens with zero attached hydrogens (tertiary/aromatic N) is 2. The topological polar surface area (TPSA) is 43.6 Å². The Morgan fingerprint density at radius 3 is 3.13 bits per heavy atom. The van der Waals surface area contributed by atoms with Crippen molar-refractivity contribution in [2.45, 2.75) is 6.92 Å². The van der Waals surface area contributed by atoms with Gasteiger partial charge in [0.15, 0.2) is 0 Å². The molecule has 0 spiro atoms. The van der Waals surface area contributed by atoms with Gasteiger partial charge in [0.25, 0.3) is 0 Å². The number of carbonyl (C=O) groups is 1. The average Bonchev–Trinajstić information content (AvgIpc) is 2.71. The fraction of sp³-hybridized carbons (Fsp3) is 0.200. The highest BCUT2D eigenvalue weighted by atomic mass is 32.1. The van der Waals surface area contributed by atoms with E-state index in [-0.39, 0.29) is 0 Å². The molecule has 0 aliphatic heterocycles. The van der Waals surface area contributed by atoms with E-state index in [9.17, 15) is 4.79 Å². The molecule has 0 fully saturated rings. The number of aromatic nitrogens is 1. The molecule has 0 saturated carbocycles. The summed E-state index contributed by atoms with van der Waals surface area (Å²) in [7, 11) is 1.95. The van der Waals surface area contributed by atoms with Crippen molar-refractivity contribution in [3.8, 4) is 0 Å². The van der Waals surface area contributed by atoms with Gasteiger partial charge in [-0.15, -0.1) is 11.3 Å². The van der Waals surface area contributed by atoms with E-state index in [0.717, 1.165) is 11.2 Å². The molecule has 0 unspecified atom stereocenters. The molecule has 0 bridgehead atoms. The zero-order valence-electron chi connectivity index (χ0n) is 8.43. The lowest BCUT2D eigenvalue weighted by Gasteiger charge is -1.96. The fourth-order valence-corrected chi connectivity index (χ4v) is 2.21. The van der Waals surface area contributed by atoms with Crippen LogP contribution < -0.4 is 0 Å². The lowest BCUT2D eigenvalue weighted by molar-refractivity contribution is -0.140. The summed E-state index contributed by atoms with van der Waals surface area (Å²) in [4.78, 5) is 15.0. The monoisotopic (exact) mass is 222 g/mol. The van der Waals surface area contributed by atoms with Gasteiger partial charge in [-0.2, -0.15) is 0 Å². The lowest BCUT2D eigenvalue weighted by atomic mass is 10.4. The average molecular weight is 222 g/mol. The van der Waals surface area contributed by atoms with Crippen LogP contribution in [0.15, 0.2) is 22.7 Å². The third kappa shape index (κ3) is 1.92. The Hall–Kier alpha value is -1.62. The van der Waals surface area contributed by atoms with Gasteiger partial charge < -0.3 is 9.40 Å². The van der Waals surface area contributed by atoms with E-state index in [0.29, 0.717) is 0 Å². The van der Waals surface area contributed by atoms with Crippen molar-refractivity contribution in [3.63, 3.8) is 0 Å². The molecule has 0 saturated heterocycles. The Labute approximate surface area is 90.8 Å². The third-order valence-electron chi connectivity index (χ3n) is 2.07. The Bertz CT molecular complexity index is 524. The second kappa shape index (κ2) is 3.86. The molecule has 0 aromatic carbocycles. The summed E-state index contributed by atoms with van der Waals surface area (Å²) in [5, 5.41) is 5.63. The molecule has 2 heterocycles. The molecular formula is C10H10N2O2S. The van der Waals surface area contributed by atoms with E-state index in [4.69, 9.17) is 0 Å². The molecular weight excluding hydrogens is 212 g/mol. The highest BCUT2D eigenvalue weighted by Crippen LogP contribution is 2.23. The number of aryl methyl sites for hydroxylation is 1. The van der Waals surface area contributed by atoms with E-state index in [2.05, 4.69) is 9.99 Å². The van der Waals surface area contributed by atoms with Crippen LogP contribution in [-0.2, 0) is 16.7 Å². The van der Waals surface area contributed by atoms with Gasteiger partial charge in [-0.1, -0.05) is 5.16 Å². The predicted octanol–water partition coefficient (Wildman–Crippen LogP) is 2.14. The number of fused-ring (bicyclic) bond motifs is 1. The second-order valence-electron chi connectivity index (χ2n) is 3.12. The zero-order chi connectivity index (χ0) is 10.8. The van der Waals surface area contributed by atoms with Crippen LogP contribution in [0.25, 0.3) is 10.2 Å². The summed E-state index contributed by atoms with van der Waals surface area (Å²) in [6.07, 6.45) is 1.54. The highest BCUT2D eigenvalue weighted by molar-refractivity contribution is 7.17. The molecule has 4 nitrogen and oxygen atoms in total. The lowest BCUT2D eigenvalue weighted by Crippen LogP contribution is -1.96. The minimum absolute atomic E-state index is 0.415. The van der Waals surface area contributed by atoms with Crippen molar-refractivity contribution in [2.24, 2.45) is 12.2 Å². The Morgan fingerprint density at radius 1 is 1.67 bits per heavy atom. The molecule has 0 aliphatic carbocycles. The molecule has 2 rings (SSSR count). The molecule has 5 heteroatoms. The van der Waals surface area contributed by atoms with Gasteiger partial charge in [0, 0.05) is 14.0 Å². The molecule has 0 amide bonds. The first-order valence-electron chi connectivity index (χ1n) is 4.42. The van der Waals surface area contributed by atoms with Crippen molar-refractivity contribution in [3.05, 3.63) is 23.2 Å². The number of hydrogen-bond acceptors (Lipinski definition) is 4. The van der Waals surface area contributed by atoms with E-state index in [1.165, 1.54) is 17.8 Å². The molecule has 2 aromatic rings. The maximum Gasteiger partial charge on any atom is 0.331 e. The van der Waals surface area contributed by atoms with Crippen LogP contribution in [0.2, 0.25) is 0 Å². The number of carbonyl (C=O) groups excluding carboxylic acids is 1. The van der Waals surface area contributed by atoms with Crippen molar-refractivity contribution >= 4 is 33.7 Å². The molecule has 0 aliphatic rings. The van der Waals surface area contributed by atoms with E-state index in [1.807, 2.05) is 29.1 Å². The standard InChI is InChI=1S/C10H10N2O2S/c1-7(13)14-11-6-8-5-10-9(12(8)2)3-4-15-10/h3-6H,1-2H3/b11-6+. The van der Waals surface area contributed by atoms with Gasteiger partial charge in [-0.25, -0.2) is 4.79 Å². The summed E-state index contributed by atoms with van der Waals surface area (Å²) in [5.41, 5.74) is 2.07. The van der Waals surface area contributed by atoms with Crippen molar-refractivity contribution in [2.75, 3.05) is 0 Å². The van der Waals surface area contributed by atoms with Crippen molar-refractivity contribution in [1.29, 1.82) is 0 Å². The SMILES string of the molecule is CC(=O)O/N=C/c1cc2sccc2n1C. The van der Waals surface area contributed by atoms with Gasteiger partial charge in [0.05, 0.1) is 22.1 Å². The maximum atomic E-state index is 10.5. The summed E-state index contributed by atoms with van der Waals surface area (Å²) in [5.74, 6) is -0.415. The van der Waals surface area contributed by atoms with Crippen LogP contribution in [-0.4, -0.2) is 16.8 Å². The number of rotatable bonds is 2. The molecule has 0 N–H and O–H groups in total. The van der Waals surface area contributed by atoms with Crippen LogP contribution in [0, 0.1) is 0 Å². The zero-order valence-corrected chi connectivity index (χ0v) is 9.25. The van der Waals surface area contributed by atoms with Crippen molar-refractivity contribution < 1.29 is 9.63 Å². The maximum absolute atomic E-state index is 10.5. The molecule has 15 heavy (non-hydrogen) atoms. The minimum Gasteiger partial charge on any atom is -0.342 e. The van der Waals surface area contributed by atoms with Crippen LogP contribution in [0.1, 0.15) is 12.6 Å². The fourth-order valence-electron chi connectivity index (χ4n) is 1.35. The Kier molecular flexibility index (Phi) is 2.55. The van der Waals surface area contributed by atoms with Crippen LogP contribution in [0.5, 0.6) is 0 Å². The smallest absolute Gasteiger partial charge is 0.331 e. The van der Waals surface area contributed by atoms with Gasteiger partial charge in [-0.05, 0) is 17.5 Å². The second-order valence-corrected chi connectivity index (χ2v) is 4.06. The predicted molar refractivity (Wildman–Crippen MR) is 60.2 cm³/mol. The summed E-state index contributed by atoms with van der Waals surface area (Å²) >= 11 is 1.67. The van der Waals surface area contributed by atoms with Gasteiger partial charge in [0.2, 0.25) is 0 Å². The van der Waals surface area contributed by atoms with E-state index >= 15 is 0 Å². The van der Waals surface area contributed by atoms with Crippen LogP contribution >= 0.6 is 11.3 Å². The molecule has 0 radical (unpaired) electrons. The molecule has 2 aromatic heterocycles. The molecule has 0 atom stereocenters. The van der Waals surface area contributed by atoms with Gasteiger partial charge >= 0.3 is 5.97 Å². The number of thiophene rings is 1. The van der Waals surface area contributed by atoms with Crippen molar-refractivity contribution in [1.82, 2.24) is 4.57 Å². The van der Waals surface area contributed by atoms with E-state index in [1.54, 1.807) is 11.3 Å². The largest absolute Gasteiger partial charge is 0.342 e. The highest BCUT2D eigenvalue weighted by Gasteiger charge is 2.04. The Balaban J connectivity index is 2.28. The van der Waals surface area contributed by atoms with Gasteiger partial charge in [-0.3, -0.25) is 0 Å². The summed E-state index contributed by atoms with van der Waals surface area (Å²) in [6.45, 7) is 1.32. The summed E-state index contributed by atoms with van der Waals surface area (Å²) < 4.78 is 3.19. The minimum atomic E-state index is -0.415. The molecule has 78 valence electrons. The summed E-state index contributed by atoms with van der Waals surface area (Å²) in [6, 6.07) is 4.05.